The minimum Gasteiger partial charge on any atom is -0.506 e. The van der Waals surface area contributed by atoms with Crippen LogP contribution in [-0.2, 0) is 11.3 Å². The van der Waals surface area contributed by atoms with Crippen molar-refractivity contribution < 1.29 is 9.90 Å². The zero-order chi connectivity index (χ0) is 20.1. The van der Waals surface area contributed by atoms with Crippen LogP contribution < -0.4 is 10.2 Å². The predicted molar refractivity (Wildman–Crippen MR) is 115 cm³/mol. The quantitative estimate of drug-likeness (QED) is 0.784. The minimum absolute atomic E-state index is 0.118. The number of phenolic OH excluding ortho intramolecular Hbond substituents is 1. The fourth-order valence-electron chi connectivity index (χ4n) is 4.29. The highest BCUT2D eigenvalue weighted by Gasteiger charge is 2.25. The number of aromatic hydroxyl groups is 1. The van der Waals surface area contributed by atoms with E-state index in [9.17, 15) is 9.90 Å². The highest BCUT2D eigenvalue weighted by atomic mass is 16.3. The Bertz CT molecular complexity index is 806. The van der Waals surface area contributed by atoms with Crippen molar-refractivity contribution in [2.24, 2.45) is 0 Å². The molecule has 4 rings (SSSR count). The fourth-order valence-corrected chi connectivity index (χ4v) is 4.29. The standard InChI is InChI=1S/C23H30N4O2/c28-22-9-5-4-8-21(22)27-14-12-25(13-15-27)18-23(29)24-20-10-11-26(17-20)16-19-6-2-1-3-7-19/h1-9,20,28H,10-18H2,(H,24,29)/t20-/m1/s1. The summed E-state index contributed by atoms with van der Waals surface area (Å²) in [5.41, 5.74) is 2.20. The lowest BCUT2D eigenvalue weighted by molar-refractivity contribution is -0.123. The first-order valence-electron chi connectivity index (χ1n) is 10.5. The lowest BCUT2D eigenvalue weighted by Gasteiger charge is -2.36. The van der Waals surface area contributed by atoms with E-state index in [2.05, 4.69) is 44.3 Å². The maximum atomic E-state index is 12.5. The maximum Gasteiger partial charge on any atom is 0.234 e. The topological polar surface area (TPSA) is 59.1 Å². The summed E-state index contributed by atoms with van der Waals surface area (Å²) in [6.07, 6.45) is 1.01. The van der Waals surface area contributed by atoms with E-state index in [1.807, 2.05) is 24.3 Å². The average Bonchev–Trinajstić information content (AvgIpc) is 3.16. The molecule has 2 saturated heterocycles. The molecule has 2 fully saturated rings. The van der Waals surface area contributed by atoms with Crippen LogP contribution in [0.5, 0.6) is 5.75 Å². The molecule has 0 spiro atoms. The number of rotatable bonds is 6. The lowest BCUT2D eigenvalue weighted by atomic mass is 10.2. The summed E-state index contributed by atoms with van der Waals surface area (Å²) in [5, 5.41) is 13.2. The molecule has 2 N–H and O–H groups in total. The number of nitrogens with one attached hydrogen (secondary N) is 1. The molecule has 0 bridgehead atoms. The zero-order valence-corrected chi connectivity index (χ0v) is 16.8. The summed E-state index contributed by atoms with van der Waals surface area (Å²) in [6, 6.07) is 18.2. The molecule has 0 radical (unpaired) electrons. The van der Waals surface area contributed by atoms with Crippen LogP contribution in [0, 0.1) is 0 Å². The van der Waals surface area contributed by atoms with E-state index in [0.29, 0.717) is 12.3 Å². The normalized spacial score (nSPS) is 20.7. The average molecular weight is 395 g/mol. The number of para-hydroxylation sites is 2. The Hall–Kier alpha value is -2.57. The van der Waals surface area contributed by atoms with Crippen LogP contribution in [0.15, 0.2) is 54.6 Å². The number of anilines is 1. The zero-order valence-electron chi connectivity index (χ0n) is 16.8. The summed E-state index contributed by atoms with van der Waals surface area (Å²) >= 11 is 0. The summed E-state index contributed by atoms with van der Waals surface area (Å²) in [4.78, 5) is 19.3. The van der Waals surface area contributed by atoms with Crippen LogP contribution in [0.3, 0.4) is 0 Å². The van der Waals surface area contributed by atoms with Gasteiger partial charge in [-0.05, 0) is 24.1 Å². The van der Waals surface area contributed by atoms with Gasteiger partial charge in [-0.3, -0.25) is 14.6 Å². The van der Waals surface area contributed by atoms with Crippen molar-refractivity contribution in [2.45, 2.75) is 19.0 Å². The van der Waals surface area contributed by atoms with Crippen LogP contribution in [0.25, 0.3) is 0 Å². The first-order chi connectivity index (χ1) is 14.2. The molecule has 6 nitrogen and oxygen atoms in total. The molecular weight excluding hydrogens is 364 g/mol. The summed E-state index contributed by atoms with van der Waals surface area (Å²) in [7, 11) is 0. The van der Waals surface area contributed by atoms with Crippen LogP contribution in [0.4, 0.5) is 5.69 Å². The molecule has 0 unspecified atom stereocenters. The number of piperazine rings is 1. The third-order valence-electron chi connectivity index (χ3n) is 5.85. The van der Waals surface area contributed by atoms with E-state index in [-0.39, 0.29) is 11.9 Å². The fraction of sp³-hybridized carbons (Fsp3) is 0.435. The second-order valence-electron chi connectivity index (χ2n) is 8.03. The predicted octanol–water partition coefficient (Wildman–Crippen LogP) is 1.90. The number of carbonyl (C=O) groups excluding carboxylic acids is 1. The van der Waals surface area contributed by atoms with Gasteiger partial charge in [-0.1, -0.05) is 42.5 Å². The monoisotopic (exact) mass is 394 g/mol. The minimum atomic E-state index is 0.118. The Labute approximate surface area is 172 Å². The number of amides is 1. The molecule has 1 atom stereocenters. The molecule has 0 saturated carbocycles. The number of likely N-dealkylation sites (tertiary alicyclic amines) is 1. The number of hydrogen-bond acceptors (Lipinski definition) is 5. The Morgan fingerprint density at radius 1 is 0.931 bits per heavy atom. The van der Waals surface area contributed by atoms with Gasteiger partial charge < -0.3 is 15.3 Å². The van der Waals surface area contributed by atoms with Crippen molar-refractivity contribution in [1.82, 2.24) is 15.1 Å². The van der Waals surface area contributed by atoms with Gasteiger partial charge in [0.05, 0.1) is 12.2 Å². The van der Waals surface area contributed by atoms with E-state index in [0.717, 1.165) is 57.9 Å². The number of phenols is 1. The molecule has 6 heteroatoms. The number of hydrogen-bond donors (Lipinski definition) is 2. The first kappa shape index (κ1) is 19.7. The highest BCUT2D eigenvalue weighted by Crippen LogP contribution is 2.27. The lowest BCUT2D eigenvalue weighted by Crippen LogP contribution is -2.50. The molecule has 2 aromatic rings. The molecule has 29 heavy (non-hydrogen) atoms. The second-order valence-corrected chi connectivity index (χ2v) is 8.03. The second kappa shape index (κ2) is 9.29. The number of nitrogens with zero attached hydrogens (tertiary/aromatic N) is 3. The molecular formula is C23H30N4O2. The van der Waals surface area contributed by atoms with Gasteiger partial charge in [0.25, 0.3) is 0 Å². The summed E-state index contributed by atoms with van der Waals surface area (Å²) in [5.74, 6) is 0.438. The number of benzene rings is 2. The van der Waals surface area contributed by atoms with E-state index in [4.69, 9.17) is 0 Å². The first-order valence-corrected chi connectivity index (χ1v) is 10.5. The maximum absolute atomic E-state index is 12.5. The van der Waals surface area contributed by atoms with Crippen molar-refractivity contribution >= 4 is 11.6 Å². The van der Waals surface area contributed by atoms with Gasteiger partial charge in [-0.2, -0.15) is 0 Å². The summed E-state index contributed by atoms with van der Waals surface area (Å²) in [6.45, 7) is 6.63. The van der Waals surface area contributed by atoms with Gasteiger partial charge in [0.15, 0.2) is 0 Å². The Morgan fingerprint density at radius 2 is 1.66 bits per heavy atom. The van der Waals surface area contributed by atoms with E-state index in [1.54, 1.807) is 6.07 Å². The van der Waals surface area contributed by atoms with E-state index < -0.39 is 0 Å². The van der Waals surface area contributed by atoms with Crippen molar-refractivity contribution in [2.75, 3.05) is 50.7 Å². The van der Waals surface area contributed by atoms with Crippen LogP contribution in [0.1, 0.15) is 12.0 Å². The molecule has 2 aliphatic heterocycles. The van der Waals surface area contributed by atoms with Gasteiger partial charge in [0.2, 0.25) is 5.91 Å². The summed E-state index contributed by atoms with van der Waals surface area (Å²) < 4.78 is 0. The molecule has 154 valence electrons. The SMILES string of the molecule is O=C(CN1CCN(c2ccccc2O)CC1)N[C@@H]1CCN(Cc2ccccc2)C1. The van der Waals surface area contributed by atoms with Crippen LogP contribution >= 0.6 is 0 Å². The van der Waals surface area contributed by atoms with Gasteiger partial charge in [-0.25, -0.2) is 0 Å². The third-order valence-corrected chi connectivity index (χ3v) is 5.85. The molecule has 2 heterocycles. The van der Waals surface area contributed by atoms with E-state index >= 15 is 0 Å². The van der Waals surface area contributed by atoms with Crippen LogP contribution in [-0.4, -0.2) is 72.7 Å². The Balaban J connectivity index is 1.19. The van der Waals surface area contributed by atoms with Crippen molar-refractivity contribution in [3.05, 3.63) is 60.2 Å². The Kier molecular flexibility index (Phi) is 6.32. The van der Waals surface area contributed by atoms with Crippen molar-refractivity contribution in [3.63, 3.8) is 0 Å². The highest BCUT2D eigenvalue weighted by molar-refractivity contribution is 5.78. The van der Waals surface area contributed by atoms with Crippen molar-refractivity contribution in [1.29, 1.82) is 0 Å². The smallest absolute Gasteiger partial charge is 0.234 e. The molecule has 2 aromatic carbocycles. The third kappa shape index (κ3) is 5.28. The molecule has 1 amide bonds. The molecule has 2 aliphatic rings. The van der Waals surface area contributed by atoms with Gasteiger partial charge in [0.1, 0.15) is 5.75 Å². The van der Waals surface area contributed by atoms with Gasteiger partial charge >= 0.3 is 0 Å². The van der Waals surface area contributed by atoms with Gasteiger partial charge in [-0.15, -0.1) is 0 Å². The largest absolute Gasteiger partial charge is 0.506 e. The number of carbonyl (C=O) groups is 1. The van der Waals surface area contributed by atoms with Crippen LogP contribution in [0.2, 0.25) is 0 Å². The Morgan fingerprint density at radius 3 is 2.41 bits per heavy atom. The molecule has 0 aromatic heterocycles. The molecule has 0 aliphatic carbocycles. The van der Waals surface area contributed by atoms with Crippen molar-refractivity contribution in [3.8, 4) is 5.75 Å². The van der Waals surface area contributed by atoms with Gasteiger partial charge in [0, 0.05) is 51.9 Å². The van der Waals surface area contributed by atoms with E-state index in [1.165, 1.54) is 5.56 Å².